The van der Waals surface area contributed by atoms with Crippen LogP contribution in [0.4, 0.5) is 11.4 Å². The molecule has 182 valence electrons. The Hall–Kier alpha value is -3.88. The number of pyridine rings is 1. The van der Waals surface area contributed by atoms with Crippen LogP contribution < -0.4 is 14.4 Å². The van der Waals surface area contributed by atoms with Crippen molar-refractivity contribution in [2.45, 2.75) is 17.4 Å². The molecule has 36 heavy (non-hydrogen) atoms. The summed E-state index contributed by atoms with van der Waals surface area (Å²) >= 11 is 5.94. The van der Waals surface area contributed by atoms with Crippen molar-refractivity contribution in [3.8, 4) is 5.75 Å². The van der Waals surface area contributed by atoms with Crippen molar-refractivity contribution in [1.29, 1.82) is 0 Å². The lowest BCUT2D eigenvalue weighted by Crippen LogP contribution is -2.48. The number of para-hydroxylation sites is 2. The average Bonchev–Trinajstić information content (AvgIpc) is 2.90. The zero-order valence-corrected chi connectivity index (χ0v) is 20.6. The lowest BCUT2D eigenvalue weighted by atomic mass is 10.1. The number of ether oxygens (including phenoxy) is 1. The van der Waals surface area contributed by atoms with Crippen molar-refractivity contribution in [1.82, 2.24) is 4.98 Å². The number of halogens is 1. The fraction of sp³-hybridized carbons (Fsp3) is 0.111. The van der Waals surface area contributed by atoms with Gasteiger partial charge >= 0.3 is 0 Å². The Morgan fingerprint density at radius 2 is 1.61 bits per heavy atom. The van der Waals surface area contributed by atoms with Gasteiger partial charge in [0.05, 0.1) is 17.1 Å². The molecular weight excluding hydrogens is 498 g/mol. The van der Waals surface area contributed by atoms with Crippen LogP contribution in [0.5, 0.6) is 5.75 Å². The first-order valence-electron chi connectivity index (χ1n) is 11.2. The van der Waals surface area contributed by atoms with Gasteiger partial charge in [-0.25, -0.2) is 8.42 Å². The average molecular weight is 520 g/mol. The Morgan fingerprint density at radius 1 is 0.944 bits per heavy atom. The summed E-state index contributed by atoms with van der Waals surface area (Å²) in [5, 5.41) is 3.27. The molecule has 5 rings (SSSR count). The van der Waals surface area contributed by atoms with Gasteiger partial charge in [0.25, 0.3) is 15.9 Å². The molecule has 7 nitrogen and oxygen atoms in total. The lowest BCUT2D eigenvalue weighted by Gasteiger charge is -2.34. The number of fused-ring (bicyclic) bond motifs is 1. The molecule has 1 amide bonds. The van der Waals surface area contributed by atoms with Crippen LogP contribution >= 0.6 is 11.6 Å². The number of rotatable bonds is 6. The van der Waals surface area contributed by atoms with Gasteiger partial charge in [-0.15, -0.1) is 0 Å². The standard InChI is InChI=1S/C27H22ClN3O4S/c28-21-7-11-23(12-8-21)36(33,34)31-18-26(35-25-4-2-1-3-24(25)31)27(32)30-22-9-5-19(6-10-22)17-20-13-15-29-16-14-20/h1-16,26H,17-18H2,(H,30,32). The van der Waals surface area contributed by atoms with Crippen LogP contribution in [-0.2, 0) is 21.2 Å². The van der Waals surface area contributed by atoms with E-state index in [1.165, 1.54) is 28.6 Å². The molecule has 4 aromatic rings. The molecule has 1 atom stereocenters. The number of benzene rings is 3. The van der Waals surface area contributed by atoms with Gasteiger partial charge in [0.2, 0.25) is 0 Å². The molecule has 0 saturated heterocycles. The number of aromatic nitrogens is 1. The Labute approximate surface area is 214 Å². The Bertz CT molecular complexity index is 1480. The smallest absolute Gasteiger partial charge is 0.267 e. The van der Waals surface area contributed by atoms with Crippen LogP contribution in [0.25, 0.3) is 0 Å². The number of sulfonamides is 1. The summed E-state index contributed by atoms with van der Waals surface area (Å²) in [5.74, 6) is -0.128. The molecular formula is C27H22ClN3O4S. The Balaban J connectivity index is 1.34. The molecule has 0 aliphatic carbocycles. The van der Waals surface area contributed by atoms with E-state index < -0.39 is 22.0 Å². The Kier molecular flexibility index (Phi) is 6.63. The summed E-state index contributed by atoms with van der Waals surface area (Å²) in [6.45, 7) is -0.173. The van der Waals surface area contributed by atoms with E-state index in [0.717, 1.165) is 17.5 Å². The number of nitrogens with zero attached hydrogens (tertiary/aromatic N) is 2. The van der Waals surface area contributed by atoms with E-state index in [2.05, 4.69) is 10.3 Å². The maximum Gasteiger partial charge on any atom is 0.267 e. The lowest BCUT2D eigenvalue weighted by molar-refractivity contribution is -0.122. The third-order valence-corrected chi connectivity index (χ3v) is 7.85. The summed E-state index contributed by atoms with van der Waals surface area (Å²) in [6.07, 6.45) is 3.21. The van der Waals surface area contributed by atoms with Crippen molar-refractivity contribution in [2.75, 3.05) is 16.2 Å². The second-order valence-corrected chi connectivity index (χ2v) is 10.6. The highest BCUT2D eigenvalue weighted by Gasteiger charge is 2.37. The molecule has 3 aromatic carbocycles. The quantitative estimate of drug-likeness (QED) is 0.390. The molecule has 0 radical (unpaired) electrons. The van der Waals surface area contributed by atoms with Crippen LogP contribution in [0.3, 0.4) is 0 Å². The van der Waals surface area contributed by atoms with E-state index in [1.807, 2.05) is 36.4 Å². The number of carbonyl (C=O) groups is 1. The summed E-state index contributed by atoms with van der Waals surface area (Å²) in [6, 6.07) is 24.1. The molecule has 0 saturated carbocycles. The molecule has 9 heteroatoms. The van der Waals surface area contributed by atoms with Crippen LogP contribution in [0.2, 0.25) is 5.02 Å². The molecule has 1 aliphatic heterocycles. The van der Waals surface area contributed by atoms with Crippen molar-refractivity contribution in [3.63, 3.8) is 0 Å². The van der Waals surface area contributed by atoms with Gasteiger partial charge in [-0.2, -0.15) is 0 Å². The zero-order chi connectivity index (χ0) is 25.1. The molecule has 1 aliphatic rings. The van der Waals surface area contributed by atoms with E-state index >= 15 is 0 Å². The number of nitrogens with one attached hydrogen (secondary N) is 1. The van der Waals surface area contributed by atoms with Crippen LogP contribution in [-0.4, -0.2) is 32.0 Å². The molecule has 0 spiro atoms. The van der Waals surface area contributed by atoms with E-state index in [0.29, 0.717) is 22.1 Å². The number of anilines is 2. The van der Waals surface area contributed by atoms with E-state index in [1.54, 1.807) is 36.7 Å². The highest BCUT2D eigenvalue weighted by atomic mass is 35.5. The van der Waals surface area contributed by atoms with Gasteiger partial charge in [-0.1, -0.05) is 35.9 Å². The second-order valence-electron chi connectivity index (χ2n) is 8.28. The summed E-state index contributed by atoms with van der Waals surface area (Å²) in [4.78, 5) is 17.2. The largest absolute Gasteiger partial charge is 0.476 e. The van der Waals surface area contributed by atoms with Gasteiger partial charge in [0.15, 0.2) is 6.10 Å². The minimum atomic E-state index is -3.96. The van der Waals surface area contributed by atoms with Crippen molar-refractivity contribution in [3.05, 3.63) is 113 Å². The maximum absolute atomic E-state index is 13.5. The molecule has 1 N–H and O–H groups in total. The topological polar surface area (TPSA) is 88.6 Å². The second kappa shape index (κ2) is 10.0. The fourth-order valence-electron chi connectivity index (χ4n) is 3.97. The van der Waals surface area contributed by atoms with Crippen molar-refractivity contribution < 1.29 is 17.9 Å². The number of carbonyl (C=O) groups excluding carboxylic acids is 1. The first-order chi connectivity index (χ1) is 17.4. The molecule has 0 fully saturated rings. The van der Waals surface area contributed by atoms with Gasteiger partial charge in [-0.05, 0) is 78.2 Å². The summed E-state index contributed by atoms with van der Waals surface area (Å²) in [7, 11) is -3.96. The normalized spacial score (nSPS) is 15.0. The summed E-state index contributed by atoms with van der Waals surface area (Å²) < 4.78 is 34.0. The number of hydrogen-bond acceptors (Lipinski definition) is 5. The first-order valence-corrected chi connectivity index (χ1v) is 13.0. The molecule has 1 aromatic heterocycles. The van der Waals surface area contributed by atoms with Gasteiger partial charge in [0, 0.05) is 23.1 Å². The van der Waals surface area contributed by atoms with Gasteiger partial charge in [0.1, 0.15) is 5.75 Å². The highest BCUT2D eigenvalue weighted by molar-refractivity contribution is 7.92. The van der Waals surface area contributed by atoms with Crippen molar-refractivity contribution in [2.24, 2.45) is 0 Å². The predicted octanol–water partition coefficient (Wildman–Crippen LogP) is 4.92. The third kappa shape index (κ3) is 5.05. The SMILES string of the molecule is O=C(Nc1ccc(Cc2ccncc2)cc1)C1CN(S(=O)(=O)c2ccc(Cl)cc2)c2ccccc2O1. The van der Waals surface area contributed by atoms with Crippen molar-refractivity contribution >= 4 is 38.9 Å². The molecule has 1 unspecified atom stereocenters. The maximum atomic E-state index is 13.5. The predicted molar refractivity (Wildman–Crippen MR) is 139 cm³/mol. The van der Waals surface area contributed by atoms with Crippen LogP contribution in [0, 0.1) is 0 Å². The molecule has 2 heterocycles. The monoisotopic (exact) mass is 519 g/mol. The minimum absolute atomic E-state index is 0.0764. The van der Waals surface area contributed by atoms with E-state index in [4.69, 9.17) is 16.3 Å². The highest BCUT2D eigenvalue weighted by Crippen LogP contribution is 2.37. The first kappa shape index (κ1) is 23.8. The third-order valence-electron chi connectivity index (χ3n) is 5.81. The van der Waals surface area contributed by atoms with Gasteiger partial charge in [-0.3, -0.25) is 14.1 Å². The van der Waals surface area contributed by atoms with Gasteiger partial charge < -0.3 is 10.1 Å². The summed E-state index contributed by atoms with van der Waals surface area (Å²) in [5.41, 5.74) is 3.19. The van der Waals surface area contributed by atoms with E-state index in [-0.39, 0.29) is 11.4 Å². The zero-order valence-electron chi connectivity index (χ0n) is 19.0. The Morgan fingerprint density at radius 3 is 2.33 bits per heavy atom. The van der Waals surface area contributed by atoms with Crippen LogP contribution in [0.15, 0.2) is 102 Å². The fourth-order valence-corrected chi connectivity index (χ4v) is 5.57. The molecule has 0 bridgehead atoms. The minimum Gasteiger partial charge on any atom is -0.476 e. The number of hydrogen-bond donors (Lipinski definition) is 1. The van der Waals surface area contributed by atoms with E-state index in [9.17, 15) is 13.2 Å². The number of amides is 1. The van der Waals surface area contributed by atoms with Crippen LogP contribution in [0.1, 0.15) is 11.1 Å².